The Balaban J connectivity index is 2.04. The second-order valence-corrected chi connectivity index (χ2v) is 6.71. The highest BCUT2D eigenvalue weighted by Gasteiger charge is 2.11. The minimum absolute atomic E-state index is 0.0722. The van der Waals surface area contributed by atoms with Gasteiger partial charge in [-0.05, 0) is 35.6 Å². The van der Waals surface area contributed by atoms with Crippen molar-refractivity contribution >= 4 is 41.2 Å². The smallest absolute Gasteiger partial charge is 0.273 e. The zero-order chi connectivity index (χ0) is 18.2. The van der Waals surface area contributed by atoms with Crippen LogP contribution in [0.25, 0.3) is 0 Å². The predicted octanol–water partition coefficient (Wildman–Crippen LogP) is 4.05. The summed E-state index contributed by atoms with van der Waals surface area (Å²) < 4.78 is 0. The van der Waals surface area contributed by atoms with E-state index in [1.165, 1.54) is 12.3 Å². The van der Waals surface area contributed by atoms with Crippen LogP contribution < -0.4 is 5.43 Å². The van der Waals surface area contributed by atoms with Crippen LogP contribution in [0.2, 0.25) is 5.02 Å². The van der Waals surface area contributed by atoms with Crippen LogP contribution in [0.15, 0.2) is 52.5 Å². The first-order valence-electron chi connectivity index (χ1n) is 7.47. The number of benzene rings is 2. The molecule has 0 spiro atoms. The molecular weight excluding hydrogens is 362 g/mol. The molecule has 8 heteroatoms. The van der Waals surface area contributed by atoms with Gasteiger partial charge >= 0.3 is 0 Å². The van der Waals surface area contributed by atoms with E-state index in [2.05, 4.69) is 10.5 Å². The number of carbonyl (C=O) groups is 1. The van der Waals surface area contributed by atoms with Crippen LogP contribution in [-0.2, 0) is 11.2 Å². The molecule has 0 radical (unpaired) electrons. The zero-order valence-corrected chi connectivity index (χ0v) is 15.0. The highest BCUT2D eigenvalue weighted by Crippen LogP contribution is 2.26. The number of hydrazone groups is 1. The molecule has 0 fully saturated rings. The van der Waals surface area contributed by atoms with E-state index < -0.39 is 4.92 Å². The summed E-state index contributed by atoms with van der Waals surface area (Å²) in [5.74, 6) is 0.557. The fraction of sp³-hybridized carbons (Fsp3) is 0.176. The monoisotopic (exact) mass is 377 g/mol. The summed E-state index contributed by atoms with van der Waals surface area (Å²) in [5, 5.41) is 15.3. The van der Waals surface area contributed by atoms with E-state index in [1.54, 1.807) is 42.1 Å². The Bertz CT molecular complexity index is 811. The maximum absolute atomic E-state index is 12.1. The van der Waals surface area contributed by atoms with Gasteiger partial charge in [-0.3, -0.25) is 14.9 Å². The first kappa shape index (κ1) is 19.0. The zero-order valence-electron chi connectivity index (χ0n) is 13.4. The SMILES string of the molecule is CCSc1ccc(Cl)cc1CC(=O)N/N=C\c1ccccc1[N+](=O)[O-]. The summed E-state index contributed by atoms with van der Waals surface area (Å²) in [4.78, 5) is 23.5. The van der Waals surface area contributed by atoms with E-state index in [0.29, 0.717) is 10.6 Å². The number of nitro groups is 1. The quantitative estimate of drug-likeness (QED) is 0.341. The average Bonchev–Trinajstić information content (AvgIpc) is 2.57. The van der Waals surface area contributed by atoms with Crippen LogP contribution in [0.1, 0.15) is 18.1 Å². The van der Waals surface area contributed by atoms with Gasteiger partial charge in [-0.2, -0.15) is 5.10 Å². The van der Waals surface area contributed by atoms with E-state index in [1.807, 2.05) is 13.0 Å². The van der Waals surface area contributed by atoms with E-state index in [4.69, 9.17) is 11.6 Å². The van der Waals surface area contributed by atoms with E-state index in [-0.39, 0.29) is 18.0 Å². The minimum Gasteiger partial charge on any atom is -0.273 e. The molecule has 25 heavy (non-hydrogen) atoms. The molecule has 0 aliphatic carbocycles. The van der Waals surface area contributed by atoms with Crippen LogP contribution >= 0.6 is 23.4 Å². The molecule has 2 aromatic rings. The molecule has 0 bridgehead atoms. The third-order valence-electron chi connectivity index (χ3n) is 3.20. The van der Waals surface area contributed by atoms with Gasteiger partial charge < -0.3 is 0 Å². The molecule has 0 atom stereocenters. The molecule has 2 rings (SSSR count). The number of carbonyl (C=O) groups excluding carboxylic acids is 1. The Morgan fingerprint density at radius 2 is 2.12 bits per heavy atom. The average molecular weight is 378 g/mol. The molecular formula is C17H16ClN3O3S. The molecule has 1 amide bonds. The summed E-state index contributed by atoms with van der Waals surface area (Å²) in [6, 6.07) is 11.6. The van der Waals surface area contributed by atoms with Crippen molar-refractivity contribution in [3.63, 3.8) is 0 Å². The lowest BCUT2D eigenvalue weighted by Crippen LogP contribution is -2.20. The number of hydrogen-bond acceptors (Lipinski definition) is 5. The number of amides is 1. The van der Waals surface area contributed by atoms with Crippen molar-refractivity contribution in [3.05, 3.63) is 68.7 Å². The van der Waals surface area contributed by atoms with Gasteiger partial charge in [0.25, 0.3) is 5.69 Å². The van der Waals surface area contributed by atoms with Crippen LogP contribution in [-0.4, -0.2) is 22.8 Å². The second kappa shape index (κ2) is 9.19. The van der Waals surface area contributed by atoms with Crippen molar-refractivity contribution in [3.8, 4) is 0 Å². The highest BCUT2D eigenvalue weighted by molar-refractivity contribution is 7.99. The van der Waals surface area contributed by atoms with Gasteiger partial charge in [0, 0.05) is 16.0 Å². The summed E-state index contributed by atoms with van der Waals surface area (Å²) >= 11 is 7.62. The lowest BCUT2D eigenvalue weighted by atomic mass is 10.1. The molecule has 0 heterocycles. The fourth-order valence-corrected chi connectivity index (χ4v) is 3.12. The van der Waals surface area contributed by atoms with Gasteiger partial charge in [0.2, 0.25) is 5.91 Å². The van der Waals surface area contributed by atoms with Crippen molar-refractivity contribution in [1.82, 2.24) is 5.43 Å². The van der Waals surface area contributed by atoms with Crippen LogP contribution in [0.3, 0.4) is 0 Å². The number of halogens is 1. The number of thioether (sulfide) groups is 1. The Kier molecular flexibility index (Phi) is 6.97. The van der Waals surface area contributed by atoms with Crippen LogP contribution in [0.4, 0.5) is 5.69 Å². The molecule has 0 saturated carbocycles. The van der Waals surface area contributed by atoms with Crippen molar-refractivity contribution in [2.75, 3.05) is 5.75 Å². The number of hydrogen-bond donors (Lipinski definition) is 1. The lowest BCUT2D eigenvalue weighted by Gasteiger charge is -2.08. The maximum Gasteiger partial charge on any atom is 0.278 e. The first-order chi connectivity index (χ1) is 12.0. The van der Waals surface area contributed by atoms with Crippen molar-refractivity contribution in [2.24, 2.45) is 5.10 Å². The van der Waals surface area contributed by atoms with Gasteiger partial charge in [0.1, 0.15) is 0 Å². The van der Waals surface area contributed by atoms with Crippen molar-refractivity contribution in [1.29, 1.82) is 0 Å². The third kappa shape index (κ3) is 5.58. The molecule has 6 nitrogen and oxygen atoms in total. The molecule has 1 N–H and O–H groups in total. The first-order valence-corrected chi connectivity index (χ1v) is 8.84. The standard InChI is InChI=1S/C17H16ClN3O3S/c1-2-25-16-8-7-14(18)9-13(16)10-17(22)20-19-11-12-5-3-4-6-15(12)21(23)24/h3-9,11H,2,10H2,1H3,(H,20,22)/b19-11-. The molecule has 0 aliphatic heterocycles. The van der Waals surface area contributed by atoms with E-state index in [9.17, 15) is 14.9 Å². The second-order valence-electron chi connectivity index (χ2n) is 4.97. The third-order valence-corrected chi connectivity index (χ3v) is 4.43. The maximum atomic E-state index is 12.1. The normalized spacial score (nSPS) is 10.8. The Hall–Kier alpha value is -2.38. The highest BCUT2D eigenvalue weighted by atomic mass is 35.5. The Morgan fingerprint density at radius 3 is 2.84 bits per heavy atom. The topological polar surface area (TPSA) is 84.6 Å². The molecule has 0 saturated heterocycles. The number of rotatable bonds is 7. The van der Waals surface area contributed by atoms with E-state index >= 15 is 0 Å². The van der Waals surface area contributed by atoms with Gasteiger partial charge in [-0.15, -0.1) is 11.8 Å². The Labute approximate surface area is 154 Å². The summed E-state index contributed by atoms with van der Waals surface area (Å²) in [6.07, 6.45) is 1.38. The summed E-state index contributed by atoms with van der Waals surface area (Å²) in [5.41, 5.74) is 3.45. The minimum atomic E-state index is -0.497. The van der Waals surface area contributed by atoms with E-state index in [0.717, 1.165) is 16.2 Å². The van der Waals surface area contributed by atoms with Crippen molar-refractivity contribution < 1.29 is 9.72 Å². The molecule has 0 aromatic heterocycles. The predicted molar refractivity (Wildman–Crippen MR) is 100 cm³/mol. The van der Waals surface area contributed by atoms with Crippen molar-refractivity contribution in [2.45, 2.75) is 18.2 Å². The summed E-state index contributed by atoms with van der Waals surface area (Å²) in [6.45, 7) is 2.03. The van der Waals surface area contributed by atoms with Gasteiger partial charge in [0.15, 0.2) is 0 Å². The molecule has 130 valence electrons. The molecule has 2 aromatic carbocycles. The lowest BCUT2D eigenvalue weighted by molar-refractivity contribution is -0.385. The van der Waals surface area contributed by atoms with Crippen LogP contribution in [0.5, 0.6) is 0 Å². The van der Waals surface area contributed by atoms with Crippen LogP contribution in [0, 0.1) is 10.1 Å². The summed E-state index contributed by atoms with van der Waals surface area (Å²) in [7, 11) is 0. The number of nitrogens with zero attached hydrogens (tertiary/aromatic N) is 2. The van der Waals surface area contributed by atoms with Gasteiger partial charge in [0.05, 0.1) is 23.1 Å². The number of para-hydroxylation sites is 1. The number of nitrogens with one attached hydrogen (secondary N) is 1. The Morgan fingerprint density at radius 1 is 1.36 bits per heavy atom. The van der Waals surface area contributed by atoms with Gasteiger partial charge in [-0.25, -0.2) is 5.43 Å². The largest absolute Gasteiger partial charge is 0.278 e. The van der Waals surface area contributed by atoms with Gasteiger partial charge in [-0.1, -0.05) is 30.7 Å². The number of nitro benzene ring substituents is 1. The molecule has 0 aliphatic rings. The molecule has 0 unspecified atom stereocenters. The fourth-order valence-electron chi connectivity index (χ4n) is 2.13.